The molecule has 0 fully saturated rings. The van der Waals surface area contributed by atoms with Crippen LogP contribution in [0.15, 0.2) is 18.2 Å². The summed E-state index contributed by atoms with van der Waals surface area (Å²) in [6.45, 7) is 0. The van der Waals surface area contributed by atoms with E-state index in [1.165, 1.54) is 6.07 Å². The van der Waals surface area contributed by atoms with Crippen LogP contribution in [0.2, 0.25) is 5.02 Å². The van der Waals surface area contributed by atoms with Crippen LogP contribution < -0.4 is 10.5 Å². The number of carbonyl (C=O) groups excluding carboxylic acids is 1. The van der Waals surface area contributed by atoms with Gasteiger partial charge in [-0.15, -0.1) is 13.2 Å². The van der Waals surface area contributed by atoms with Crippen LogP contribution in [-0.2, 0) is 16.0 Å². The first-order valence-corrected chi connectivity index (χ1v) is 5.48. The number of hydrogen-bond donors (Lipinski definition) is 1. The molecule has 0 bridgehead atoms. The topological polar surface area (TPSA) is 61.5 Å². The van der Waals surface area contributed by atoms with Gasteiger partial charge in [-0.3, -0.25) is 4.79 Å². The molecule has 0 saturated heterocycles. The molecule has 1 atom stereocenters. The number of rotatable bonds is 4. The second kappa shape index (κ2) is 6.12. The molecule has 1 rings (SSSR count). The Morgan fingerprint density at radius 3 is 2.63 bits per heavy atom. The van der Waals surface area contributed by atoms with E-state index >= 15 is 0 Å². The summed E-state index contributed by atoms with van der Waals surface area (Å²) >= 11 is 5.81. The molecule has 1 aromatic rings. The maximum Gasteiger partial charge on any atom is 0.573 e. The lowest BCUT2D eigenvalue weighted by Gasteiger charge is -2.13. The number of hydrogen-bond acceptors (Lipinski definition) is 4. The fraction of sp³-hybridized carbons (Fsp3) is 0.364. The zero-order valence-electron chi connectivity index (χ0n) is 9.83. The third kappa shape index (κ3) is 4.96. The maximum atomic E-state index is 12.1. The van der Waals surface area contributed by atoms with E-state index in [4.69, 9.17) is 17.3 Å². The summed E-state index contributed by atoms with van der Waals surface area (Å²) < 4.78 is 44.4. The van der Waals surface area contributed by atoms with Crippen molar-refractivity contribution in [2.24, 2.45) is 5.73 Å². The lowest BCUT2D eigenvalue weighted by atomic mass is 10.1. The third-order valence-electron chi connectivity index (χ3n) is 2.19. The fourth-order valence-electron chi connectivity index (χ4n) is 1.38. The van der Waals surface area contributed by atoms with Crippen molar-refractivity contribution in [3.05, 3.63) is 28.8 Å². The number of alkyl halides is 3. The Hall–Kier alpha value is -1.47. The van der Waals surface area contributed by atoms with E-state index in [1.807, 2.05) is 0 Å². The molecule has 0 heterocycles. The Kier molecular flexibility index (Phi) is 5.02. The Balaban J connectivity index is 2.88. The predicted octanol–water partition coefficient (Wildman–Crippen LogP) is 2.28. The summed E-state index contributed by atoms with van der Waals surface area (Å²) in [5.41, 5.74) is 5.77. The highest BCUT2D eigenvalue weighted by molar-refractivity contribution is 6.31. The van der Waals surface area contributed by atoms with Crippen LogP contribution in [0.4, 0.5) is 13.2 Å². The Bertz CT molecular complexity index is 465. The fourth-order valence-corrected chi connectivity index (χ4v) is 1.57. The molecule has 0 amide bonds. The largest absolute Gasteiger partial charge is 0.573 e. The van der Waals surface area contributed by atoms with E-state index < -0.39 is 24.1 Å². The molecule has 0 spiro atoms. The monoisotopic (exact) mass is 297 g/mol. The summed E-state index contributed by atoms with van der Waals surface area (Å²) in [7, 11) is 1.16. The van der Waals surface area contributed by atoms with E-state index in [1.54, 1.807) is 0 Å². The summed E-state index contributed by atoms with van der Waals surface area (Å²) in [6, 6.07) is 2.38. The standard InChI is InChI=1S/C11H11ClF3NO3/c1-18-10(17)9(16)5-6-4-7(2-3-8(6)12)19-11(13,14)15/h2-4,9H,5,16H2,1H3/t9-/m0/s1. The van der Waals surface area contributed by atoms with Crippen molar-refractivity contribution in [1.82, 2.24) is 0 Å². The van der Waals surface area contributed by atoms with Crippen molar-refractivity contribution in [2.45, 2.75) is 18.8 Å². The molecule has 4 nitrogen and oxygen atoms in total. The minimum Gasteiger partial charge on any atom is -0.468 e. The molecule has 0 radical (unpaired) electrons. The van der Waals surface area contributed by atoms with Crippen LogP contribution in [0.25, 0.3) is 0 Å². The molecule has 0 aliphatic heterocycles. The van der Waals surface area contributed by atoms with Gasteiger partial charge in [-0.2, -0.15) is 0 Å². The van der Waals surface area contributed by atoms with E-state index in [0.29, 0.717) is 0 Å². The predicted molar refractivity (Wildman–Crippen MR) is 61.8 cm³/mol. The molecule has 0 unspecified atom stereocenters. The first kappa shape index (κ1) is 15.6. The van der Waals surface area contributed by atoms with Gasteiger partial charge in [-0.05, 0) is 30.2 Å². The normalized spacial score (nSPS) is 12.9. The SMILES string of the molecule is COC(=O)[C@@H](N)Cc1cc(OC(F)(F)F)ccc1Cl. The molecule has 19 heavy (non-hydrogen) atoms. The van der Waals surface area contributed by atoms with Crippen molar-refractivity contribution in [3.8, 4) is 5.75 Å². The highest BCUT2D eigenvalue weighted by Gasteiger charge is 2.31. The van der Waals surface area contributed by atoms with Gasteiger partial charge in [0.15, 0.2) is 0 Å². The lowest BCUT2D eigenvalue weighted by Crippen LogP contribution is -2.33. The highest BCUT2D eigenvalue weighted by atomic mass is 35.5. The first-order chi connectivity index (χ1) is 8.73. The number of carbonyl (C=O) groups is 1. The number of methoxy groups -OCH3 is 1. The maximum absolute atomic E-state index is 12.1. The average Bonchev–Trinajstić information content (AvgIpc) is 2.30. The van der Waals surface area contributed by atoms with Crippen LogP contribution in [0.5, 0.6) is 5.75 Å². The van der Waals surface area contributed by atoms with E-state index in [-0.39, 0.29) is 17.0 Å². The van der Waals surface area contributed by atoms with Crippen molar-refractivity contribution in [2.75, 3.05) is 7.11 Å². The quantitative estimate of drug-likeness (QED) is 0.866. The molecule has 0 saturated carbocycles. The Labute approximate surface area is 112 Å². The van der Waals surface area contributed by atoms with Crippen molar-refractivity contribution in [1.29, 1.82) is 0 Å². The van der Waals surface area contributed by atoms with Gasteiger partial charge < -0.3 is 15.2 Å². The number of halogens is 4. The van der Waals surface area contributed by atoms with Gasteiger partial charge in [-0.1, -0.05) is 11.6 Å². The number of ether oxygens (including phenoxy) is 2. The molecule has 1 aromatic carbocycles. The van der Waals surface area contributed by atoms with Crippen LogP contribution in [0, 0.1) is 0 Å². The van der Waals surface area contributed by atoms with E-state index in [2.05, 4.69) is 9.47 Å². The van der Waals surface area contributed by atoms with Crippen LogP contribution in [0.3, 0.4) is 0 Å². The summed E-state index contributed by atoms with van der Waals surface area (Å²) in [6.07, 6.45) is -4.85. The first-order valence-electron chi connectivity index (χ1n) is 5.10. The molecule has 2 N–H and O–H groups in total. The van der Waals surface area contributed by atoms with Gasteiger partial charge in [0, 0.05) is 5.02 Å². The average molecular weight is 298 g/mol. The second-order valence-electron chi connectivity index (χ2n) is 3.63. The number of nitrogens with two attached hydrogens (primary N) is 1. The summed E-state index contributed by atoms with van der Waals surface area (Å²) in [4.78, 5) is 11.1. The van der Waals surface area contributed by atoms with Crippen molar-refractivity contribution in [3.63, 3.8) is 0 Å². The number of esters is 1. The van der Waals surface area contributed by atoms with Crippen molar-refractivity contribution >= 4 is 17.6 Å². The molecule has 8 heteroatoms. The van der Waals surface area contributed by atoms with Gasteiger partial charge in [0.05, 0.1) is 7.11 Å². The molecule has 0 aromatic heterocycles. The minimum atomic E-state index is -4.80. The zero-order valence-corrected chi connectivity index (χ0v) is 10.6. The van der Waals surface area contributed by atoms with Crippen LogP contribution in [0.1, 0.15) is 5.56 Å². The molecular weight excluding hydrogens is 287 g/mol. The van der Waals surface area contributed by atoms with Crippen LogP contribution >= 0.6 is 11.6 Å². The molecular formula is C11H11ClF3NO3. The Morgan fingerprint density at radius 1 is 1.47 bits per heavy atom. The highest BCUT2D eigenvalue weighted by Crippen LogP contribution is 2.27. The third-order valence-corrected chi connectivity index (χ3v) is 2.56. The lowest BCUT2D eigenvalue weighted by molar-refractivity contribution is -0.274. The van der Waals surface area contributed by atoms with Gasteiger partial charge in [-0.25, -0.2) is 0 Å². The second-order valence-corrected chi connectivity index (χ2v) is 4.04. The molecule has 106 valence electrons. The van der Waals surface area contributed by atoms with Gasteiger partial charge >= 0.3 is 12.3 Å². The van der Waals surface area contributed by atoms with E-state index in [9.17, 15) is 18.0 Å². The smallest absolute Gasteiger partial charge is 0.468 e. The number of benzene rings is 1. The summed E-state index contributed by atoms with van der Waals surface area (Å²) in [5.74, 6) is -1.11. The van der Waals surface area contributed by atoms with Gasteiger partial charge in [0.1, 0.15) is 11.8 Å². The summed E-state index contributed by atoms with van der Waals surface area (Å²) in [5, 5.41) is 0.189. The zero-order chi connectivity index (χ0) is 14.6. The molecule has 0 aliphatic carbocycles. The van der Waals surface area contributed by atoms with Crippen LogP contribution in [-0.4, -0.2) is 25.5 Å². The molecule has 0 aliphatic rings. The van der Waals surface area contributed by atoms with Gasteiger partial charge in [0.2, 0.25) is 0 Å². The van der Waals surface area contributed by atoms with E-state index in [0.717, 1.165) is 19.2 Å². The minimum absolute atomic E-state index is 0.0550. The van der Waals surface area contributed by atoms with Gasteiger partial charge in [0.25, 0.3) is 0 Å². The van der Waals surface area contributed by atoms with Crippen molar-refractivity contribution < 1.29 is 27.4 Å². The Morgan fingerprint density at radius 2 is 2.11 bits per heavy atom.